The maximum absolute atomic E-state index is 13.9. The Kier molecular flexibility index (Phi) is 6.88. The first-order valence-electron chi connectivity index (χ1n) is 10.8. The molecule has 0 saturated heterocycles. The Morgan fingerprint density at radius 1 is 1.17 bits per heavy atom. The van der Waals surface area contributed by atoms with Crippen LogP contribution in [-0.2, 0) is 11.2 Å². The monoisotopic (exact) mass is 510 g/mol. The Morgan fingerprint density at radius 3 is 2.53 bits per heavy atom. The van der Waals surface area contributed by atoms with Gasteiger partial charge in [0.2, 0.25) is 12.4 Å². The number of amides is 1. The Balaban J connectivity index is 1.92. The van der Waals surface area contributed by atoms with Crippen LogP contribution in [0.1, 0.15) is 36.8 Å². The molecule has 0 bridgehead atoms. The third-order valence-corrected chi connectivity index (χ3v) is 5.50. The number of carbonyl (C=O) groups is 1. The van der Waals surface area contributed by atoms with Gasteiger partial charge in [-0.05, 0) is 68.2 Å². The average molecular weight is 511 g/mol. The van der Waals surface area contributed by atoms with E-state index in [1.807, 2.05) is 0 Å². The summed E-state index contributed by atoms with van der Waals surface area (Å²) < 4.78 is 29.2. The smallest absolute Gasteiger partial charge is 0.227 e. The molecule has 11 heteroatoms. The largest absolute Gasteiger partial charge is 0.378 e. The minimum Gasteiger partial charge on any atom is -0.378 e. The molecule has 4 aromatic rings. The molecule has 3 aromatic heterocycles. The molecule has 0 radical (unpaired) electrons. The second-order valence-corrected chi connectivity index (χ2v) is 8.93. The van der Waals surface area contributed by atoms with Crippen LogP contribution in [0.2, 0.25) is 5.15 Å². The number of benzene rings is 1. The zero-order valence-electron chi connectivity index (χ0n) is 19.3. The lowest BCUT2D eigenvalue weighted by atomic mass is 9.95. The third kappa shape index (κ3) is 5.43. The second kappa shape index (κ2) is 9.89. The van der Waals surface area contributed by atoms with Crippen LogP contribution in [0.15, 0.2) is 42.5 Å². The Labute approximate surface area is 210 Å². The van der Waals surface area contributed by atoms with Crippen molar-refractivity contribution in [1.29, 1.82) is 0 Å². The maximum atomic E-state index is 13.9. The van der Waals surface area contributed by atoms with Gasteiger partial charge >= 0.3 is 0 Å². The molecule has 0 aliphatic carbocycles. The lowest BCUT2D eigenvalue weighted by molar-refractivity contribution is -0.110. The second-order valence-electron chi connectivity index (χ2n) is 8.54. The van der Waals surface area contributed by atoms with Crippen LogP contribution in [0, 0.1) is 23.5 Å². The van der Waals surface area contributed by atoms with Crippen molar-refractivity contribution in [3.8, 4) is 23.0 Å². The van der Waals surface area contributed by atoms with Gasteiger partial charge in [-0.1, -0.05) is 17.5 Å². The first kappa shape index (κ1) is 25.0. The number of pyridine rings is 2. The summed E-state index contributed by atoms with van der Waals surface area (Å²) >= 11 is 6.28. The van der Waals surface area contributed by atoms with Crippen LogP contribution < -0.4 is 11.1 Å². The molecule has 1 amide bonds. The zero-order chi connectivity index (χ0) is 26.0. The number of hydrogen-bond acceptors (Lipinski definition) is 6. The van der Waals surface area contributed by atoms with Crippen LogP contribution in [0.4, 0.5) is 14.7 Å². The predicted octanol–water partition coefficient (Wildman–Crippen LogP) is 3.46. The molecule has 0 saturated carbocycles. The van der Waals surface area contributed by atoms with E-state index in [0.29, 0.717) is 40.1 Å². The summed E-state index contributed by atoms with van der Waals surface area (Å²) in [7, 11) is 0. The summed E-state index contributed by atoms with van der Waals surface area (Å²) in [6, 6.07) is 8.99. The molecule has 4 rings (SSSR count). The lowest BCUT2D eigenvalue weighted by Gasteiger charge is -2.20. The Hall–Kier alpha value is -4.07. The van der Waals surface area contributed by atoms with Crippen molar-refractivity contribution >= 4 is 29.6 Å². The first-order valence-corrected chi connectivity index (χ1v) is 11.1. The predicted molar refractivity (Wildman–Crippen MR) is 131 cm³/mol. The molecule has 8 nitrogen and oxygen atoms in total. The Morgan fingerprint density at radius 2 is 1.86 bits per heavy atom. The van der Waals surface area contributed by atoms with Gasteiger partial charge in [0.15, 0.2) is 5.65 Å². The van der Waals surface area contributed by atoms with E-state index in [0.717, 1.165) is 6.07 Å². The molecule has 0 aliphatic heterocycles. The van der Waals surface area contributed by atoms with Gasteiger partial charge in [-0.25, -0.2) is 13.8 Å². The van der Waals surface area contributed by atoms with Crippen molar-refractivity contribution in [2.45, 2.75) is 31.9 Å². The molecule has 0 fully saturated rings. The lowest BCUT2D eigenvalue weighted by Crippen LogP contribution is -2.24. The highest BCUT2D eigenvalue weighted by atomic mass is 35.5. The summed E-state index contributed by atoms with van der Waals surface area (Å²) in [5.74, 6) is 4.10. The van der Waals surface area contributed by atoms with Gasteiger partial charge in [0.05, 0.1) is 11.7 Å². The number of anilines is 1. The van der Waals surface area contributed by atoms with Crippen molar-refractivity contribution in [2.24, 2.45) is 0 Å². The summed E-state index contributed by atoms with van der Waals surface area (Å²) in [4.78, 5) is 16.2. The molecule has 1 unspecified atom stereocenters. The summed E-state index contributed by atoms with van der Waals surface area (Å²) in [5.41, 5.74) is 7.06. The maximum Gasteiger partial charge on any atom is 0.227 e. The van der Waals surface area contributed by atoms with Crippen LogP contribution in [0.25, 0.3) is 16.8 Å². The number of fused-ring (bicyclic) bond motifs is 1. The van der Waals surface area contributed by atoms with E-state index in [1.165, 1.54) is 30.4 Å². The highest BCUT2D eigenvalue weighted by Gasteiger charge is 2.23. The molecule has 1 atom stereocenters. The number of aliphatic hydroxyl groups is 1. The van der Waals surface area contributed by atoms with Gasteiger partial charge in [0.25, 0.3) is 0 Å². The molecule has 0 aliphatic rings. The zero-order valence-corrected chi connectivity index (χ0v) is 20.0. The summed E-state index contributed by atoms with van der Waals surface area (Å²) in [5, 5.41) is 21.0. The van der Waals surface area contributed by atoms with Gasteiger partial charge in [0, 0.05) is 17.2 Å². The number of aromatic nitrogens is 4. The minimum absolute atomic E-state index is 0.0223. The fourth-order valence-electron chi connectivity index (χ4n) is 3.73. The van der Waals surface area contributed by atoms with E-state index in [2.05, 4.69) is 32.3 Å². The number of halogens is 3. The van der Waals surface area contributed by atoms with Gasteiger partial charge in [0.1, 0.15) is 28.1 Å². The van der Waals surface area contributed by atoms with Crippen molar-refractivity contribution in [1.82, 2.24) is 24.9 Å². The van der Waals surface area contributed by atoms with Crippen molar-refractivity contribution in [3.63, 3.8) is 0 Å². The number of nitrogens with zero attached hydrogens (tertiary/aromatic N) is 4. The van der Waals surface area contributed by atoms with Crippen molar-refractivity contribution < 1.29 is 18.7 Å². The summed E-state index contributed by atoms with van der Waals surface area (Å²) in [6.45, 7) is 3.06. The van der Waals surface area contributed by atoms with Crippen molar-refractivity contribution in [3.05, 3.63) is 76.2 Å². The van der Waals surface area contributed by atoms with Gasteiger partial charge < -0.3 is 16.2 Å². The van der Waals surface area contributed by atoms with Gasteiger partial charge in [-0.3, -0.25) is 9.20 Å². The first-order chi connectivity index (χ1) is 17.1. The molecular weight excluding hydrogens is 490 g/mol. The molecule has 1 aromatic carbocycles. The number of carbonyl (C=O) groups excluding carboxylic acids is 1. The van der Waals surface area contributed by atoms with E-state index in [4.69, 9.17) is 17.3 Å². The number of nitrogens with two attached hydrogens (primary N) is 1. The number of nitrogen functional groups attached to an aromatic ring is 1. The average Bonchev–Trinajstić information content (AvgIpc) is 3.19. The molecule has 3 heterocycles. The highest BCUT2D eigenvalue weighted by molar-refractivity contribution is 6.30. The van der Waals surface area contributed by atoms with E-state index in [9.17, 15) is 18.7 Å². The van der Waals surface area contributed by atoms with Gasteiger partial charge in [-0.2, -0.15) is 0 Å². The quantitative estimate of drug-likeness (QED) is 0.208. The number of nitrogens with one attached hydrogen (secondary N) is 1. The molecule has 0 spiro atoms. The van der Waals surface area contributed by atoms with Crippen LogP contribution in [-0.4, -0.2) is 36.7 Å². The Bertz CT molecular complexity index is 1500. The fourth-order valence-corrected chi connectivity index (χ4v) is 3.96. The summed E-state index contributed by atoms with van der Waals surface area (Å²) in [6.07, 6.45) is 0.502. The molecule has 184 valence electrons. The third-order valence-electron chi connectivity index (χ3n) is 5.20. The van der Waals surface area contributed by atoms with Gasteiger partial charge in [-0.15, -0.1) is 10.2 Å². The topological polar surface area (TPSA) is 118 Å². The minimum atomic E-state index is -1.26. The number of rotatable bonds is 6. The van der Waals surface area contributed by atoms with E-state index in [1.54, 1.807) is 24.3 Å². The van der Waals surface area contributed by atoms with Crippen LogP contribution >= 0.6 is 11.6 Å². The van der Waals surface area contributed by atoms with E-state index < -0.39 is 23.3 Å². The SMILES string of the molecule is CC(C)(O)C#Cc1ccc(-c2ccc(Cl)n3c(N)nnc23)c(C(Cc2cc(F)cc(F)c2)NC=O)n1. The number of hydrogen-bond donors (Lipinski definition) is 3. The van der Waals surface area contributed by atoms with Crippen LogP contribution in [0.3, 0.4) is 0 Å². The van der Waals surface area contributed by atoms with E-state index in [-0.39, 0.29) is 17.5 Å². The fraction of sp³-hybridized carbons (Fsp3) is 0.200. The van der Waals surface area contributed by atoms with E-state index >= 15 is 0 Å². The molecule has 36 heavy (non-hydrogen) atoms. The highest BCUT2D eigenvalue weighted by Crippen LogP contribution is 2.33. The normalized spacial score (nSPS) is 12.2. The van der Waals surface area contributed by atoms with Crippen molar-refractivity contribution in [2.75, 3.05) is 5.73 Å². The molecular formula is C25H21ClF2N6O2. The standard InChI is InChI=1S/C25H21ClF2N6O2/c1-25(2,36)8-7-17-3-4-18(19-5-6-21(26)34-23(19)32-33-24(34)29)22(31-17)20(30-13-35)11-14-9-15(27)12-16(28)10-14/h3-6,9-10,12-13,20,36H,11H2,1-2H3,(H2,29,33)(H,30,35). The van der Waals surface area contributed by atoms with Crippen LogP contribution in [0.5, 0.6) is 0 Å². The molecule has 4 N–H and O–H groups in total.